The zero-order chi connectivity index (χ0) is 12.6. The Morgan fingerprint density at radius 1 is 0.722 bits per heavy atom. The fourth-order valence-electron chi connectivity index (χ4n) is 2.46. The van der Waals surface area contributed by atoms with Crippen molar-refractivity contribution in [2.75, 3.05) is 6.61 Å². The van der Waals surface area contributed by atoms with Crippen molar-refractivity contribution in [2.24, 2.45) is 0 Å². The summed E-state index contributed by atoms with van der Waals surface area (Å²) in [5, 5.41) is 13.1. The highest BCUT2D eigenvalue weighted by Gasteiger charge is 1.99. The highest BCUT2D eigenvalue weighted by molar-refractivity contribution is 5.85. The lowest BCUT2D eigenvalue weighted by Gasteiger charge is -2.06. The summed E-state index contributed by atoms with van der Waals surface area (Å²) in [5.41, 5.74) is 1.46. The Hall–Kier alpha value is -1.34. The lowest BCUT2D eigenvalue weighted by atomic mass is 9.99. The number of benzene rings is 2. The van der Waals surface area contributed by atoms with E-state index in [4.69, 9.17) is 0 Å². The first kappa shape index (κ1) is 13.1. The van der Waals surface area contributed by atoms with Crippen LogP contribution in [0.1, 0.15) is 37.7 Å². The summed E-state index contributed by atoms with van der Waals surface area (Å²) in [7, 11) is 0. The fraction of sp³-hybridized carbons (Fsp3) is 0.412. The van der Waals surface area contributed by atoms with Crippen molar-refractivity contribution >= 4 is 10.8 Å². The zero-order valence-corrected chi connectivity index (χ0v) is 10.9. The molecular weight excluding hydrogens is 220 g/mol. The molecule has 0 aromatic heterocycles. The Morgan fingerprint density at radius 3 is 2.33 bits per heavy atom. The van der Waals surface area contributed by atoms with Gasteiger partial charge in [-0.3, -0.25) is 0 Å². The number of rotatable bonds is 7. The van der Waals surface area contributed by atoms with Crippen LogP contribution in [0.25, 0.3) is 10.8 Å². The third kappa shape index (κ3) is 3.58. The van der Waals surface area contributed by atoms with Crippen LogP contribution in [0.3, 0.4) is 0 Å². The molecule has 2 rings (SSSR count). The average Bonchev–Trinajstić information content (AvgIpc) is 2.43. The quantitative estimate of drug-likeness (QED) is 0.623. The van der Waals surface area contributed by atoms with Gasteiger partial charge in [-0.2, -0.15) is 0 Å². The lowest BCUT2D eigenvalue weighted by Crippen LogP contribution is -1.89. The van der Waals surface area contributed by atoms with Crippen molar-refractivity contribution in [1.82, 2.24) is 0 Å². The molecular formula is C17H21O. The van der Waals surface area contributed by atoms with Gasteiger partial charge in [-0.25, -0.2) is 5.11 Å². The van der Waals surface area contributed by atoms with Crippen LogP contribution in [0.15, 0.2) is 42.5 Å². The van der Waals surface area contributed by atoms with Gasteiger partial charge in [0.1, 0.15) is 0 Å². The smallest absolute Gasteiger partial charge is 0.0822 e. The molecule has 95 valence electrons. The molecule has 1 radical (unpaired) electrons. The van der Waals surface area contributed by atoms with Gasteiger partial charge in [-0.05, 0) is 35.6 Å². The van der Waals surface area contributed by atoms with E-state index in [1.54, 1.807) is 0 Å². The van der Waals surface area contributed by atoms with E-state index in [0.29, 0.717) is 0 Å². The van der Waals surface area contributed by atoms with E-state index in [1.165, 1.54) is 35.6 Å². The average molecular weight is 241 g/mol. The molecule has 0 amide bonds. The molecule has 0 N–H and O–H groups in total. The maximum absolute atomic E-state index is 10.3. The monoisotopic (exact) mass is 241 g/mol. The van der Waals surface area contributed by atoms with Gasteiger partial charge in [0.25, 0.3) is 0 Å². The van der Waals surface area contributed by atoms with Crippen LogP contribution in [-0.4, -0.2) is 6.61 Å². The molecule has 0 bridgehead atoms. The van der Waals surface area contributed by atoms with Gasteiger partial charge in [-0.1, -0.05) is 61.7 Å². The van der Waals surface area contributed by atoms with Gasteiger partial charge in [0.05, 0.1) is 6.61 Å². The molecule has 18 heavy (non-hydrogen) atoms. The van der Waals surface area contributed by atoms with E-state index in [-0.39, 0.29) is 6.61 Å². The van der Waals surface area contributed by atoms with Crippen LogP contribution in [0, 0.1) is 0 Å². The predicted octanol–water partition coefficient (Wildman–Crippen LogP) is 4.76. The Morgan fingerprint density at radius 2 is 1.44 bits per heavy atom. The molecule has 2 aromatic carbocycles. The Kier molecular flexibility index (Phi) is 5.22. The highest BCUT2D eigenvalue weighted by Crippen LogP contribution is 2.20. The first-order valence-electron chi connectivity index (χ1n) is 6.96. The summed E-state index contributed by atoms with van der Waals surface area (Å²) >= 11 is 0. The fourth-order valence-corrected chi connectivity index (χ4v) is 2.46. The van der Waals surface area contributed by atoms with Crippen LogP contribution in [0.2, 0.25) is 0 Å². The SMILES string of the molecule is [O]CCCCCCCc1cccc2ccccc12. The minimum Gasteiger partial charge on any atom is -0.237 e. The second-order valence-corrected chi connectivity index (χ2v) is 4.86. The predicted molar refractivity (Wildman–Crippen MR) is 76.3 cm³/mol. The van der Waals surface area contributed by atoms with Gasteiger partial charge in [0.15, 0.2) is 0 Å². The maximum atomic E-state index is 10.3. The van der Waals surface area contributed by atoms with Crippen molar-refractivity contribution in [1.29, 1.82) is 0 Å². The number of aryl methyl sites for hydroxylation is 1. The second-order valence-electron chi connectivity index (χ2n) is 4.86. The lowest BCUT2D eigenvalue weighted by molar-refractivity contribution is 0.186. The summed E-state index contributed by atoms with van der Waals surface area (Å²) in [4.78, 5) is 0. The van der Waals surface area contributed by atoms with Crippen molar-refractivity contribution in [2.45, 2.75) is 38.5 Å². The first-order valence-corrected chi connectivity index (χ1v) is 6.96. The van der Waals surface area contributed by atoms with Crippen molar-refractivity contribution in [3.05, 3.63) is 48.0 Å². The molecule has 0 atom stereocenters. The number of hydrogen-bond donors (Lipinski definition) is 0. The van der Waals surface area contributed by atoms with Gasteiger partial charge >= 0.3 is 0 Å². The molecule has 0 aliphatic carbocycles. The minimum absolute atomic E-state index is 0.0866. The van der Waals surface area contributed by atoms with E-state index < -0.39 is 0 Å². The number of fused-ring (bicyclic) bond motifs is 1. The van der Waals surface area contributed by atoms with Crippen LogP contribution in [-0.2, 0) is 11.5 Å². The third-order valence-corrected chi connectivity index (χ3v) is 3.47. The molecule has 0 unspecified atom stereocenters. The van der Waals surface area contributed by atoms with Crippen molar-refractivity contribution in [3.63, 3.8) is 0 Å². The van der Waals surface area contributed by atoms with Gasteiger partial charge in [0, 0.05) is 0 Å². The Bertz CT molecular complexity index is 470. The van der Waals surface area contributed by atoms with E-state index >= 15 is 0 Å². The number of hydrogen-bond acceptors (Lipinski definition) is 0. The van der Waals surface area contributed by atoms with Gasteiger partial charge < -0.3 is 0 Å². The Labute approximate surface area is 109 Å². The van der Waals surface area contributed by atoms with E-state index in [9.17, 15) is 5.11 Å². The summed E-state index contributed by atoms with van der Waals surface area (Å²) in [5.74, 6) is 0. The molecule has 0 saturated heterocycles. The van der Waals surface area contributed by atoms with Crippen LogP contribution in [0.4, 0.5) is 0 Å². The molecule has 1 nitrogen and oxygen atoms in total. The standard InChI is InChI=1S/C17H21O/c18-14-7-3-1-2-4-9-15-11-8-12-16-10-5-6-13-17(15)16/h5-6,8,10-13H,1-4,7,9,14H2. The number of unbranched alkanes of at least 4 members (excludes halogenated alkanes) is 4. The van der Waals surface area contributed by atoms with E-state index in [1.807, 2.05) is 0 Å². The topological polar surface area (TPSA) is 19.9 Å². The normalized spacial score (nSPS) is 10.9. The largest absolute Gasteiger partial charge is 0.237 e. The molecule has 1 heteroatoms. The van der Waals surface area contributed by atoms with E-state index in [2.05, 4.69) is 42.5 Å². The molecule has 0 aliphatic rings. The zero-order valence-electron chi connectivity index (χ0n) is 10.9. The van der Waals surface area contributed by atoms with Crippen molar-refractivity contribution < 1.29 is 5.11 Å². The second kappa shape index (κ2) is 7.17. The first-order chi connectivity index (χ1) is 8.92. The third-order valence-electron chi connectivity index (χ3n) is 3.47. The Balaban J connectivity index is 1.88. The van der Waals surface area contributed by atoms with E-state index in [0.717, 1.165) is 19.3 Å². The molecule has 2 aromatic rings. The molecule has 0 saturated carbocycles. The summed E-state index contributed by atoms with van der Waals surface area (Å²) < 4.78 is 0. The maximum Gasteiger partial charge on any atom is 0.0822 e. The van der Waals surface area contributed by atoms with Gasteiger partial charge in [0.2, 0.25) is 0 Å². The highest BCUT2D eigenvalue weighted by atomic mass is 16.2. The summed E-state index contributed by atoms with van der Waals surface area (Å²) in [6, 6.07) is 15.1. The van der Waals surface area contributed by atoms with Crippen molar-refractivity contribution in [3.8, 4) is 0 Å². The van der Waals surface area contributed by atoms with Crippen LogP contribution >= 0.6 is 0 Å². The molecule has 0 heterocycles. The van der Waals surface area contributed by atoms with Crippen LogP contribution < -0.4 is 0 Å². The molecule has 0 spiro atoms. The molecule has 0 aliphatic heterocycles. The molecule has 0 fully saturated rings. The summed E-state index contributed by atoms with van der Waals surface area (Å²) in [6.07, 6.45) is 6.76. The van der Waals surface area contributed by atoms with Gasteiger partial charge in [-0.15, -0.1) is 0 Å². The summed E-state index contributed by atoms with van der Waals surface area (Å²) in [6.45, 7) is 0.0866. The minimum atomic E-state index is 0.0866. The van der Waals surface area contributed by atoms with Crippen LogP contribution in [0.5, 0.6) is 0 Å².